The number of hydrogen-bond acceptors (Lipinski definition) is 5. The van der Waals surface area contributed by atoms with Gasteiger partial charge in [0.15, 0.2) is 12.2 Å². The molecule has 37 heavy (non-hydrogen) atoms. The van der Waals surface area contributed by atoms with Crippen LogP contribution in [0.25, 0.3) is 5.57 Å². The maximum Gasteiger partial charge on any atom is 0.416 e. The van der Waals surface area contributed by atoms with Gasteiger partial charge in [-0.25, -0.2) is 9.18 Å². The molecule has 1 atom stereocenters. The lowest BCUT2D eigenvalue weighted by molar-refractivity contribution is 0.141. The third kappa shape index (κ3) is 7.76. The van der Waals surface area contributed by atoms with Gasteiger partial charge >= 0.3 is 6.09 Å². The van der Waals surface area contributed by atoms with Crippen LogP contribution >= 0.6 is 15.9 Å². The standard InChI is InChI=1S/C26H24BrFN2O2.C3H4O2/c1-17-4-6-18(7-5-17)25-15-19(23-16-20(27)8-13-24(23)29)3-2-14-30(25)26(31)32-22-11-9-21(28)10-12-22;1-5-3-2-4/h4-13,15-16,25H,2-3,14,29H2,1H3;4H,1H3. The highest BCUT2D eigenvalue weighted by atomic mass is 79.9. The Morgan fingerprint density at radius 1 is 1.14 bits per heavy atom. The van der Waals surface area contributed by atoms with Crippen LogP contribution in [0.5, 0.6) is 5.75 Å². The van der Waals surface area contributed by atoms with Gasteiger partial charge in [0.25, 0.3) is 0 Å². The van der Waals surface area contributed by atoms with Crippen molar-refractivity contribution >= 4 is 33.3 Å². The molecule has 1 heterocycles. The molecule has 1 aliphatic rings. The number of aliphatic hydroxyl groups is 1. The molecule has 0 bridgehead atoms. The molecule has 192 valence electrons. The number of aliphatic hydroxyl groups excluding tert-OH is 1. The van der Waals surface area contributed by atoms with E-state index in [9.17, 15) is 9.18 Å². The predicted octanol–water partition coefficient (Wildman–Crippen LogP) is 6.82. The van der Waals surface area contributed by atoms with Crippen molar-refractivity contribution in [1.82, 2.24) is 4.90 Å². The molecular formula is C29H28BrFN2O4. The van der Waals surface area contributed by atoms with Crippen LogP contribution in [-0.4, -0.2) is 29.8 Å². The van der Waals surface area contributed by atoms with Crippen LogP contribution in [0.15, 0.2) is 77.3 Å². The summed E-state index contributed by atoms with van der Waals surface area (Å²) in [7, 11) is 1.38. The van der Waals surface area contributed by atoms with Gasteiger partial charge in [-0.1, -0.05) is 51.8 Å². The highest BCUT2D eigenvalue weighted by Gasteiger charge is 2.28. The highest BCUT2D eigenvalue weighted by Crippen LogP contribution is 2.36. The maximum absolute atomic E-state index is 13.2. The molecule has 0 aromatic heterocycles. The van der Waals surface area contributed by atoms with E-state index in [-0.39, 0.29) is 11.9 Å². The maximum atomic E-state index is 13.2. The third-order valence-corrected chi connectivity index (χ3v) is 6.21. The number of halogens is 2. The van der Waals surface area contributed by atoms with E-state index in [4.69, 9.17) is 15.6 Å². The SMILES string of the molecule is COC#CO.Cc1ccc(C2C=C(c3cc(Br)ccc3N)CCCN2C(=O)Oc2ccc(F)cc2)cc1. The lowest BCUT2D eigenvalue weighted by Gasteiger charge is -2.28. The van der Waals surface area contributed by atoms with Crippen molar-refractivity contribution in [3.63, 3.8) is 0 Å². The number of carbonyl (C=O) groups excluding carboxylic acids is 1. The van der Waals surface area contributed by atoms with E-state index in [0.717, 1.165) is 39.6 Å². The first-order chi connectivity index (χ1) is 17.8. The van der Waals surface area contributed by atoms with E-state index in [1.165, 1.54) is 31.4 Å². The summed E-state index contributed by atoms with van der Waals surface area (Å²) in [4.78, 5) is 14.9. The summed E-state index contributed by atoms with van der Waals surface area (Å²) in [6, 6.07) is 19.1. The van der Waals surface area contributed by atoms with E-state index in [0.29, 0.717) is 18.0 Å². The Kier molecular flexibility index (Phi) is 9.99. The van der Waals surface area contributed by atoms with Crippen molar-refractivity contribution in [2.75, 3.05) is 19.4 Å². The van der Waals surface area contributed by atoms with Gasteiger partial charge in [-0.2, -0.15) is 0 Å². The van der Waals surface area contributed by atoms with E-state index in [2.05, 4.69) is 26.7 Å². The fourth-order valence-electron chi connectivity index (χ4n) is 3.93. The fraction of sp³-hybridized carbons (Fsp3) is 0.207. The minimum atomic E-state index is -0.470. The molecule has 3 N–H and O–H groups in total. The number of hydrogen-bond donors (Lipinski definition) is 2. The normalized spacial score (nSPS) is 14.6. The van der Waals surface area contributed by atoms with Crippen molar-refractivity contribution in [3.8, 4) is 18.0 Å². The van der Waals surface area contributed by atoms with Crippen LogP contribution in [0.3, 0.4) is 0 Å². The summed E-state index contributed by atoms with van der Waals surface area (Å²) in [6.07, 6.45) is 6.63. The van der Waals surface area contributed by atoms with Gasteiger partial charge in [0, 0.05) is 22.3 Å². The molecule has 6 nitrogen and oxygen atoms in total. The van der Waals surface area contributed by atoms with Crippen molar-refractivity contribution in [2.45, 2.75) is 25.8 Å². The molecule has 3 aromatic carbocycles. The number of nitrogens with zero attached hydrogens (tertiary/aromatic N) is 1. The highest BCUT2D eigenvalue weighted by molar-refractivity contribution is 9.10. The first-order valence-corrected chi connectivity index (χ1v) is 12.4. The lowest BCUT2D eigenvalue weighted by Crippen LogP contribution is -2.36. The summed E-state index contributed by atoms with van der Waals surface area (Å²) in [5.41, 5.74) is 11.2. The number of nitrogen functional groups attached to an aromatic ring is 1. The predicted molar refractivity (Wildman–Crippen MR) is 146 cm³/mol. The van der Waals surface area contributed by atoms with Crippen LogP contribution in [0.2, 0.25) is 0 Å². The number of anilines is 1. The van der Waals surface area contributed by atoms with Gasteiger partial charge in [-0.05, 0) is 73.4 Å². The van der Waals surface area contributed by atoms with Gasteiger partial charge in [0.05, 0.1) is 13.2 Å². The number of ether oxygens (including phenoxy) is 2. The molecule has 1 amide bonds. The third-order valence-electron chi connectivity index (χ3n) is 5.72. The molecule has 1 unspecified atom stereocenters. The second-order valence-corrected chi connectivity index (χ2v) is 9.23. The second kappa shape index (κ2) is 13.4. The zero-order chi connectivity index (χ0) is 26.8. The van der Waals surface area contributed by atoms with Crippen molar-refractivity contribution < 1.29 is 23.8 Å². The van der Waals surface area contributed by atoms with Gasteiger partial charge in [0.1, 0.15) is 11.6 Å². The summed E-state index contributed by atoms with van der Waals surface area (Å²) >= 11 is 3.53. The Morgan fingerprint density at radius 2 is 1.84 bits per heavy atom. The number of methoxy groups -OCH3 is 1. The summed E-state index contributed by atoms with van der Waals surface area (Å²) in [5, 5.41) is 7.58. The minimum Gasteiger partial charge on any atom is -0.460 e. The quantitative estimate of drug-likeness (QED) is 0.268. The van der Waals surface area contributed by atoms with E-state index < -0.39 is 6.09 Å². The van der Waals surface area contributed by atoms with Crippen LogP contribution in [0, 0.1) is 25.0 Å². The summed E-state index contributed by atoms with van der Waals surface area (Å²) in [6.45, 7) is 2.55. The topological polar surface area (TPSA) is 85.0 Å². The fourth-order valence-corrected chi connectivity index (χ4v) is 4.29. The van der Waals surface area contributed by atoms with Crippen molar-refractivity contribution in [3.05, 3.63) is 99.8 Å². The van der Waals surface area contributed by atoms with Crippen molar-refractivity contribution in [2.24, 2.45) is 0 Å². The Bertz CT molecular complexity index is 1300. The number of benzene rings is 3. The minimum absolute atomic E-state index is 0.309. The molecule has 8 heteroatoms. The average molecular weight is 567 g/mol. The summed E-state index contributed by atoms with van der Waals surface area (Å²) < 4.78 is 23.9. The zero-order valence-corrected chi connectivity index (χ0v) is 22.2. The van der Waals surface area contributed by atoms with Gasteiger partial charge < -0.3 is 20.3 Å². The molecule has 1 aliphatic heterocycles. The van der Waals surface area contributed by atoms with Crippen LogP contribution in [0.1, 0.15) is 35.6 Å². The number of allylic oxidation sites excluding steroid dienone is 1. The van der Waals surface area contributed by atoms with Crippen LogP contribution < -0.4 is 10.5 Å². The largest absolute Gasteiger partial charge is 0.460 e. The Balaban J connectivity index is 0.000000695. The number of nitrogens with two attached hydrogens (primary N) is 1. The Morgan fingerprint density at radius 3 is 2.46 bits per heavy atom. The van der Waals surface area contributed by atoms with Crippen molar-refractivity contribution in [1.29, 1.82) is 0 Å². The first-order valence-electron chi connectivity index (χ1n) is 11.6. The van der Waals surface area contributed by atoms with Crippen LogP contribution in [0.4, 0.5) is 14.9 Å². The summed E-state index contributed by atoms with van der Waals surface area (Å²) in [5.74, 6) is -0.0694. The van der Waals surface area contributed by atoms with E-state index >= 15 is 0 Å². The van der Waals surface area contributed by atoms with Gasteiger partial charge in [-0.15, -0.1) is 0 Å². The number of carbonyl (C=O) groups is 1. The number of amides is 1. The molecule has 0 aliphatic carbocycles. The lowest BCUT2D eigenvalue weighted by atomic mass is 9.96. The zero-order valence-electron chi connectivity index (χ0n) is 20.6. The Labute approximate surface area is 224 Å². The number of aryl methyl sites for hydroxylation is 1. The van der Waals surface area contributed by atoms with Gasteiger partial charge in [0.2, 0.25) is 0 Å². The smallest absolute Gasteiger partial charge is 0.416 e. The molecule has 0 radical (unpaired) electrons. The van der Waals surface area contributed by atoms with E-state index in [1.807, 2.05) is 55.5 Å². The number of rotatable bonds is 3. The Hall–Kier alpha value is -3.96. The molecule has 0 fully saturated rings. The second-order valence-electron chi connectivity index (χ2n) is 8.32. The average Bonchev–Trinajstić information content (AvgIpc) is 3.11. The molecular weight excluding hydrogens is 539 g/mol. The van der Waals surface area contributed by atoms with Gasteiger partial charge in [-0.3, -0.25) is 4.90 Å². The molecule has 0 spiro atoms. The molecule has 0 saturated carbocycles. The first kappa shape index (κ1) is 27.6. The van der Waals surface area contributed by atoms with E-state index in [1.54, 1.807) is 11.0 Å². The molecule has 0 saturated heterocycles. The van der Waals surface area contributed by atoms with Crippen LogP contribution in [-0.2, 0) is 4.74 Å². The monoisotopic (exact) mass is 566 g/mol. The molecule has 3 aromatic rings. The molecule has 4 rings (SSSR count).